The van der Waals surface area contributed by atoms with E-state index >= 15 is 0 Å². The van der Waals surface area contributed by atoms with E-state index in [-0.39, 0.29) is 5.52 Å². The van der Waals surface area contributed by atoms with Crippen LogP contribution >= 0.6 is 0 Å². The summed E-state index contributed by atoms with van der Waals surface area (Å²) in [6, 6.07) is 8.03. The van der Waals surface area contributed by atoms with Crippen molar-refractivity contribution in [3.05, 3.63) is 59.9 Å². The van der Waals surface area contributed by atoms with Gasteiger partial charge in [0.1, 0.15) is 6.33 Å². The summed E-state index contributed by atoms with van der Waals surface area (Å²) in [5.41, 5.74) is -3.24. The van der Waals surface area contributed by atoms with E-state index in [2.05, 4.69) is 4.98 Å². The van der Waals surface area contributed by atoms with Crippen LogP contribution in [0.15, 0.2) is 48.8 Å². The Kier molecular flexibility index (Phi) is 3.35. The highest BCUT2D eigenvalue weighted by Gasteiger charge is 2.41. The van der Waals surface area contributed by atoms with Crippen molar-refractivity contribution >= 4 is 11.0 Å². The molecule has 0 aliphatic rings. The predicted octanol–water partition coefficient (Wildman–Crippen LogP) is 5.06. The zero-order valence-corrected chi connectivity index (χ0v) is 11.3. The summed E-state index contributed by atoms with van der Waals surface area (Å²) in [4.78, 5) is 3.87. The SMILES string of the molecule is FC(F)(F)c1cccc(C(F)(F)F)c1-n1cnc2ccccc21. The number of para-hydroxylation sites is 3. The molecule has 2 aromatic carbocycles. The third-order valence-corrected chi connectivity index (χ3v) is 3.34. The van der Waals surface area contributed by atoms with E-state index in [0.717, 1.165) is 17.0 Å². The molecule has 8 heteroatoms. The molecule has 0 unspecified atom stereocenters. The molecule has 0 aliphatic heterocycles. The van der Waals surface area contributed by atoms with Crippen LogP contribution in [0.2, 0.25) is 0 Å². The van der Waals surface area contributed by atoms with Crippen LogP contribution in [-0.2, 0) is 12.4 Å². The molecule has 0 aliphatic carbocycles. The zero-order valence-electron chi connectivity index (χ0n) is 11.3. The van der Waals surface area contributed by atoms with Crippen molar-refractivity contribution < 1.29 is 26.3 Å². The van der Waals surface area contributed by atoms with Gasteiger partial charge in [-0.25, -0.2) is 4.98 Å². The molecule has 2 nitrogen and oxygen atoms in total. The standard InChI is InChI=1S/C15H8F6N2/c16-14(17,18)9-4-3-5-10(15(19,20)21)13(9)23-8-22-11-6-1-2-7-12(11)23/h1-8H. The number of nitrogens with zero attached hydrogens (tertiary/aromatic N) is 2. The van der Waals surface area contributed by atoms with Gasteiger partial charge in [0.2, 0.25) is 0 Å². The van der Waals surface area contributed by atoms with Gasteiger partial charge in [0.05, 0.1) is 27.8 Å². The number of halogens is 6. The fraction of sp³-hybridized carbons (Fsp3) is 0.133. The molecule has 0 atom stereocenters. The van der Waals surface area contributed by atoms with Gasteiger partial charge >= 0.3 is 12.4 Å². The Morgan fingerprint density at radius 2 is 1.30 bits per heavy atom. The normalized spacial score (nSPS) is 12.8. The molecule has 1 aromatic heterocycles. The highest BCUT2D eigenvalue weighted by molar-refractivity contribution is 5.78. The first-order chi connectivity index (χ1) is 10.7. The van der Waals surface area contributed by atoms with Gasteiger partial charge in [-0.1, -0.05) is 18.2 Å². The van der Waals surface area contributed by atoms with Crippen LogP contribution in [0.1, 0.15) is 11.1 Å². The third-order valence-electron chi connectivity index (χ3n) is 3.34. The minimum atomic E-state index is -4.93. The maximum Gasteiger partial charge on any atom is 0.418 e. The molecule has 3 aromatic rings. The van der Waals surface area contributed by atoms with Gasteiger partial charge in [0.25, 0.3) is 0 Å². The predicted molar refractivity (Wildman–Crippen MR) is 71.1 cm³/mol. The molecule has 23 heavy (non-hydrogen) atoms. The lowest BCUT2D eigenvalue weighted by Crippen LogP contribution is -2.17. The van der Waals surface area contributed by atoms with E-state index in [4.69, 9.17) is 0 Å². The van der Waals surface area contributed by atoms with E-state index in [1.54, 1.807) is 6.07 Å². The second-order valence-electron chi connectivity index (χ2n) is 4.80. The fourth-order valence-electron chi connectivity index (χ4n) is 2.40. The number of alkyl halides is 6. The molecule has 0 amide bonds. The molecule has 0 saturated heterocycles. The van der Waals surface area contributed by atoms with Crippen LogP contribution in [0.3, 0.4) is 0 Å². The lowest BCUT2D eigenvalue weighted by Gasteiger charge is -2.19. The van der Waals surface area contributed by atoms with Gasteiger partial charge in [-0.05, 0) is 24.3 Å². The summed E-state index contributed by atoms with van der Waals surface area (Å²) in [5, 5.41) is 0. The fourth-order valence-corrected chi connectivity index (χ4v) is 2.40. The van der Waals surface area contributed by atoms with Crippen molar-refractivity contribution in [1.29, 1.82) is 0 Å². The Morgan fingerprint density at radius 1 is 0.739 bits per heavy atom. The molecular weight excluding hydrogens is 322 g/mol. The lowest BCUT2D eigenvalue weighted by molar-refractivity contribution is -0.142. The summed E-state index contributed by atoms with van der Waals surface area (Å²) in [5.74, 6) is 0. The topological polar surface area (TPSA) is 17.8 Å². The molecule has 0 spiro atoms. The van der Waals surface area contributed by atoms with Crippen molar-refractivity contribution in [3.63, 3.8) is 0 Å². The Bertz CT molecular complexity index is 828. The van der Waals surface area contributed by atoms with Crippen molar-refractivity contribution in [2.45, 2.75) is 12.4 Å². The van der Waals surface area contributed by atoms with Crippen LogP contribution in [0.25, 0.3) is 16.7 Å². The van der Waals surface area contributed by atoms with Gasteiger partial charge in [0, 0.05) is 0 Å². The van der Waals surface area contributed by atoms with E-state index in [1.807, 2.05) is 0 Å². The van der Waals surface area contributed by atoms with Gasteiger partial charge in [0.15, 0.2) is 0 Å². The van der Waals surface area contributed by atoms with Gasteiger partial charge in [-0.15, -0.1) is 0 Å². The molecule has 0 saturated carbocycles. The zero-order chi connectivity index (χ0) is 16.8. The minimum absolute atomic E-state index is 0.162. The van der Waals surface area contributed by atoms with Gasteiger partial charge in [-0.2, -0.15) is 26.3 Å². The highest BCUT2D eigenvalue weighted by atomic mass is 19.4. The molecular formula is C15H8F6N2. The lowest BCUT2D eigenvalue weighted by atomic mass is 10.1. The summed E-state index contributed by atoms with van der Waals surface area (Å²) in [6.07, 6.45) is -8.89. The monoisotopic (exact) mass is 330 g/mol. The molecule has 0 fully saturated rings. The number of aromatic nitrogens is 2. The average molecular weight is 330 g/mol. The molecule has 1 heterocycles. The largest absolute Gasteiger partial charge is 0.418 e. The van der Waals surface area contributed by atoms with Gasteiger partial charge in [-0.3, -0.25) is 4.57 Å². The van der Waals surface area contributed by atoms with Gasteiger partial charge < -0.3 is 0 Å². The van der Waals surface area contributed by atoms with E-state index in [9.17, 15) is 26.3 Å². The number of rotatable bonds is 1. The number of fused-ring (bicyclic) bond motifs is 1. The Hall–Kier alpha value is -2.51. The molecule has 3 rings (SSSR count). The summed E-state index contributed by atoms with van der Waals surface area (Å²) >= 11 is 0. The van der Waals surface area contributed by atoms with Crippen molar-refractivity contribution in [2.24, 2.45) is 0 Å². The number of benzene rings is 2. The number of hydrogen-bond donors (Lipinski definition) is 0. The summed E-state index contributed by atoms with van der Waals surface area (Å²) < 4.78 is 80.1. The first-order valence-electron chi connectivity index (χ1n) is 6.39. The highest BCUT2D eigenvalue weighted by Crippen LogP contribution is 2.42. The van der Waals surface area contributed by atoms with Crippen molar-refractivity contribution in [3.8, 4) is 5.69 Å². The van der Waals surface area contributed by atoms with Crippen LogP contribution in [0.4, 0.5) is 26.3 Å². The van der Waals surface area contributed by atoms with Crippen LogP contribution in [0, 0.1) is 0 Å². The smallest absolute Gasteiger partial charge is 0.298 e. The average Bonchev–Trinajstić information content (AvgIpc) is 2.88. The van der Waals surface area contributed by atoms with Crippen LogP contribution in [0.5, 0.6) is 0 Å². The van der Waals surface area contributed by atoms with E-state index in [1.165, 1.54) is 18.2 Å². The Morgan fingerprint density at radius 3 is 1.87 bits per heavy atom. The first-order valence-corrected chi connectivity index (χ1v) is 6.39. The van der Waals surface area contributed by atoms with Crippen LogP contribution in [-0.4, -0.2) is 9.55 Å². The van der Waals surface area contributed by atoms with Crippen molar-refractivity contribution in [1.82, 2.24) is 9.55 Å². The number of hydrogen-bond acceptors (Lipinski definition) is 1. The first kappa shape index (κ1) is 15.4. The van der Waals surface area contributed by atoms with Crippen LogP contribution < -0.4 is 0 Å². The minimum Gasteiger partial charge on any atom is -0.298 e. The second-order valence-corrected chi connectivity index (χ2v) is 4.80. The summed E-state index contributed by atoms with van der Waals surface area (Å²) in [7, 11) is 0. The van der Waals surface area contributed by atoms with Crippen molar-refractivity contribution in [2.75, 3.05) is 0 Å². The quantitative estimate of drug-likeness (QED) is 0.570. The molecule has 120 valence electrons. The Balaban J connectivity index is 2.41. The maximum atomic E-state index is 13.2. The molecule has 0 bridgehead atoms. The summed E-state index contributed by atoms with van der Waals surface area (Å²) in [6.45, 7) is 0. The van der Waals surface area contributed by atoms with E-state index in [0.29, 0.717) is 17.6 Å². The second kappa shape index (κ2) is 5.00. The van der Waals surface area contributed by atoms with E-state index < -0.39 is 29.2 Å². The maximum absolute atomic E-state index is 13.2. The molecule has 0 N–H and O–H groups in total. The Labute approximate surface area is 126 Å². The number of imidazole rings is 1. The molecule has 0 radical (unpaired) electrons. The third kappa shape index (κ3) is 2.64.